The van der Waals surface area contributed by atoms with Crippen LogP contribution >= 0.6 is 15.9 Å². The molecule has 17 heavy (non-hydrogen) atoms. The van der Waals surface area contributed by atoms with Crippen LogP contribution in [0.15, 0.2) is 12.1 Å². The number of alkyl halides is 1. The molecule has 5 heteroatoms. The Hall–Kier alpha value is 0.165. The Morgan fingerprint density at radius 3 is 2.06 bits per heavy atom. The van der Waals surface area contributed by atoms with Gasteiger partial charge in [-0.3, -0.25) is 0 Å². The van der Waals surface area contributed by atoms with Gasteiger partial charge in [0.15, 0.2) is 0 Å². The van der Waals surface area contributed by atoms with Gasteiger partial charge in [0, 0.05) is 12.4 Å². The van der Waals surface area contributed by atoms with Crippen LogP contribution in [0.4, 0.5) is 0 Å². The molecule has 0 aliphatic carbocycles. The lowest BCUT2D eigenvalue weighted by atomic mass is 9.87. The average molecular weight is 305 g/mol. The highest BCUT2D eigenvalue weighted by atomic mass is 79.9. The molecule has 1 aliphatic rings. The number of hydrogen-bond donors (Lipinski definition) is 0. The molecule has 0 N–H and O–H groups in total. The van der Waals surface area contributed by atoms with E-state index in [4.69, 9.17) is 14.0 Å². The molecule has 0 bridgehead atoms. The van der Waals surface area contributed by atoms with Gasteiger partial charge in [0.2, 0.25) is 0 Å². The molecule has 0 aromatic carbocycles. The Balaban J connectivity index is 2.71. The maximum atomic E-state index is 5.87. The average Bonchev–Trinajstić information content (AvgIpc) is 2.44. The summed E-state index contributed by atoms with van der Waals surface area (Å²) in [6, 6.07) is 0. The SMILES string of the molecule is COC(C)(/C=C/B1OC(C)(C)C(C)(C)O1)CBr. The number of methoxy groups -OCH3 is 1. The summed E-state index contributed by atoms with van der Waals surface area (Å²) in [4.78, 5) is 0. The normalized spacial score (nSPS) is 26.4. The Labute approximate surface area is 113 Å². The predicted octanol–water partition coefficient (Wildman–Crippen LogP) is 2.97. The van der Waals surface area contributed by atoms with E-state index in [-0.39, 0.29) is 23.9 Å². The summed E-state index contributed by atoms with van der Waals surface area (Å²) in [6.45, 7) is 10.2. The van der Waals surface area contributed by atoms with Gasteiger partial charge in [-0.25, -0.2) is 0 Å². The second-order valence-corrected chi connectivity index (χ2v) is 6.19. The van der Waals surface area contributed by atoms with Gasteiger partial charge in [-0.05, 0) is 34.6 Å². The molecule has 0 aromatic rings. The van der Waals surface area contributed by atoms with Crippen molar-refractivity contribution in [3.63, 3.8) is 0 Å². The molecule has 1 rings (SSSR count). The van der Waals surface area contributed by atoms with E-state index in [1.54, 1.807) is 7.11 Å². The first-order chi connectivity index (χ1) is 7.66. The summed E-state index contributed by atoms with van der Waals surface area (Å²) in [5.74, 6) is 1.92. The lowest BCUT2D eigenvalue weighted by Gasteiger charge is -2.32. The first-order valence-corrected chi connectivity index (χ1v) is 6.94. The van der Waals surface area contributed by atoms with Crippen molar-refractivity contribution in [1.82, 2.24) is 0 Å². The second kappa shape index (κ2) is 5.04. The number of rotatable bonds is 4. The summed E-state index contributed by atoms with van der Waals surface area (Å²) in [6.07, 6.45) is 1.98. The Bertz CT molecular complexity index is 282. The minimum absolute atomic E-state index is 0.292. The summed E-state index contributed by atoms with van der Waals surface area (Å²) in [7, 11) is 1.38. The molecule has 0 spiro atoms. The van der Waals surface area contributed by atoms with Crippen molar-refractivity contribution in [2.24, 2.45) is 0 Å². The summed E-state index contributed by atoms with van der Waals surface area (Å²) in [5.41, 5.74) is -0.913. The maximum absolute atomic E-state index is 5.87. The molecule has 1 atom stereocenters. The molecule has 0 radical (unpaired) electrons. The lowest BCUT2D eigenvalue weighted by Crippen LogP contribution is -2.41. The fourth-order valence-corrected chi connectivity index (χ4v) is 1.83. The van der Waals surface area contributed by atoms with E-state index in [9.17, 15) is 0 Å². The zero-order valence-electron chi connectivity index (χ0n) is 11.5. The highest BCUT2D eigenvalue weighted by Crippen LogP contribution is 2.37. The third-order valence-corrected chi connectivity index (χ3v) is 4.72. The van der Waals surface area contributed by atoms with E-state index in [0.717, 1.165) is 5.33 Å². The van der Waals surface area contributed by atoms with Crippen molar-refractivity contribution < 1.29 is 14.0 Å². The van der Waals surface area contributed by atoms with Gasteiger partial charge >= 0.3 is 7.12 Å². The van der Waals surface area contributed by atoms with Crippen LogP contribution in [0.5, 0.6) is 0 Å². The summed E-state index contributed by atoms with van der Waals surface area (Å²) >= 11 is 3.43. The van der Waals surface area contributed by atoms with Crippen LogP contribution in [-0.2, 0) is 14.0 Å². The molecule has 0 aromatic heterocycles. The van der Waals surface area contributed by atoms with Crippen molar-refractivity contribution in [2.75, 3.05) is 12.4 Å². The Morgan fingerprint density at radius 2 is 1.71 bits per heavy atom. The topological polar surface area (TPSA) is 27.7 Å². The van der Waals surface area contributed by atoms with Crippen molar-refractivity contribution in [2.45, 2.75) is 51.4 Å². The second-order valence-electron chi connectivity index (χ2n) is 5.63. The zero-order valence-corrected chi connectivity index (χ0v) is 13.1. The molecule has 98 valence electrons. The molecule has 1 heterocycles. The molecule has 1 saturated heterocycles. The van der Waals surface area contributed by atoms with Gasteiger partial charge in [-0.15, -0.1) is 0 Å². The molecule has 3 nitrogen and oxygen atoms in total. The largest absolute Gasteiger partial charge is 0.486 e. The highest BCUT2D eigenvalue weighted by Gasteiger charge is 2.50. The molecule has 1 aliphatic heterocycles. The lowest BCUT2D eigenvalue weighted by molar-refractivity contribution is 0.00578. The summed E-state index contributed by atoms with van der Waals surface area (Å²) < 4.78 is 17.1. The smallest absolute Gasteiger partial charge is 0.400 e. The van der Waals surface area contributed by atoms with Crippen LogP contribution in [-0.4, -0.2) is 36.4 Å². The Morgan fingerprint density at radius 1 is 1.24 bits per heavy atom. The van der Waals surface area contributed by atoms with E-state index >= 15 is 0 Å². The van der Waals surface area contributed by atoms with E-state index in [2.05, 4.69) is 15.9 Å². The van der Waals surface area contributed by atoms with Crippen LogP contribution < -0.4 is 0 Å². The maximum Gasteiger partial charge on any atom is 0.486 e. The van der Waals surface area contributed by atoms with E-state index in [0.29, 0.717) is 0 Å². The number of ether oxygens (including phenoxy) is 1. The zero-order chi connectivity index (χ0) is 13.3. The highest BCUT2D eigenvalue weighted by molar-refractivity contribution is 9.09. The third kappa shape index (κ3) is 3.34. The van der Waals surface area contributed by atoms with Crippen molar-refractivity contribution >= 4 is 23.0 Å². The fourth-order valence-electron chi connectivity index (χ4n) is 1.42. The number of hydrogen-bond acceptors (Lipinski definition) is 3. The van der Waals surface area contributed by atoms with Crippen molar-refractivity contribution in [1.29, 1.82) is 0 Å². The number of halogens is 1. The standard InChI is InChI=1S/C12H22BBrO3/c1-10(2)11(3,4)17-13(16-10)8-7-12(5,9-14)15-6/h7-8H,9H2,1-6H3/b8-7+. The van der Waals surface area contributed by atoms with Crippen LogP contribution in [0.3, 0.4) is 0 Å². The minimum atomic E-state index is -0.330. The third-order valence-electron chi connectivity index (χ3n) is 3.61. The van der Waals surface area contributed by atoms with Gasteiger partial charge in [-0.2, -0.15) is 0 Å². The molecule has 1 fully saturated rings. The molecular formula is C12H22BBrO3. The van der Waals surface area contributed by atoms with E-state index in [1.165, 1.54) is 0 Å². The van der Waals surface area contributed by atoms with E-state index < -0.39 is 0 Å². The van der Waals surface area contributed by atoms with Gasteiger partial charge in [0.05, 0.1) is 16.8 Å². The van der Waals surface area contributed by atoms with Gasteiger partial charge in [0.25, 0.3) is 0 Å². The van der Waals surface area contributed by atoms with Crippen molar-refractivity contribution in [3.05, 3.63) is 12.1 Å². The fraction of sp³-hybridized carbons (Fsp3) is 0.833. The van der Waals surface area contributed by atoms with Crippen molar-refractivity contribution in [3.8, 4) is 0 Å². The van der Waals surface area contributed by atoms with Gasteiger partial charge in [0.1, 0.15) is 0 Å². The van der Waals surface area contributed by atoms with Crippen LogP contribution in [0.2, 0.25) is 0 Å². The van der Waals surface area contributed by atoms with Gasteiger partial charge in [-0.1, -0.05) is 28.0 Å². The van der Waals surface area contributed by atoms with Crippen LogP contribution in [0, 0.1) is 0 Å². The van der Waals surface area contributed by atoms with Crippen LogP contribution in [0.25, 0.3) is 0 Å². The molecular weight excluding hydrogens is 283 g/mol. The monoisotopic (exact) mass is 304 g/mol. The summed E-state index contributed by atoms with van der Waals surface area (Å²) in [5, 5.41) is 0.729. The van der Waals surface area contributed by atoms with Crippen LogP contribution in [0.1, 0.15) is 34.6 Å². The minimum Gasteiger partial charge on any atom is -0.400 e. The first kappa shape index (κ1) is 15.2. The molecule has 0 saturated carbocycles. The quantitative estimate of drug-likeness (QED) is 0.590. The van der Waals surface area contributed by atoms with Gasteiger partial charge < -0.3 is 14.0 Å². The van der Waals surface area contributed by atoms with E-state index in [1.807, 2.05) is 46.7 Å². The molecule has 1 unspecified atom stereocenters. The first-order valence-electron chi connectivity index (χ1n) is 5.82. The Kier molecular flexibility index (Phi) is 4.51. The molecule has 0 amide bonds. The predicted molar refractivity (Wildman–Crippen MR) is 74.4 cm³/mol.